The lowest BCUT2D eigenvalue weighted by molar-refractivity contribution is 0.303. The van der Waals surface area contributed by atoms with E-state index < -0.39 is 5.95 Å². The van der Waals surface area contributed by atoms with Crippen molar-refractivity contribution in [3.05, 3.63) is 36.9 Å². The van der Waals surface area contributed by atoms with Gasteiger partial charge in [0.05, 0.1) is 6.61 Å². The van der Waals surface area contributed by atoms with Crippen LogP contribution < -0.4 is 4.74 Å². The summed E-state index contributed by atoms with van der Waals surface area (Å²) in [5.41, 5.74) is 0. The third kappa shape index (κ3) is 2.34. The summed E-state index contributed by atoms with van der Waals surface area (Å²) in [5, 5.41) is 0. The van der Waals surface area contributed by atoms with Gasteiger partial charge in [-0.05, 0) is 18.6 Å². The SMILES string of the molecule is C=CCCOc1cccnc1F. The van der Waals surface area contributed by atoms with Crippen molar-refractivity contribution >= 4 is 0 Å². The maximum atomic E-state index is 12.8. The van der Waals surface area contributed by atoms with Crippen LogP contribution in [0, 0.1) is 5.95 Å². The lowest BCUT2D eigenvalue weighted by atomic mass is 10.4. The van der Waals surface area contributed by atoms with E-state index in [2.05, 4.69) is 11.6 Å². The molecule has 0 fully saturated rings. The van der Waals surface area contributed by atoms with Gasteiger partial charge in [0.15, 0.2) is 5.75 Å². The molecule has 0 aliphatic heterocycles. The summed E-state index contributed by atoms with van der Waals surface area (Å²) in [5.74, 6) is -0.374. The molecule has 0 aliphatic rings. The van der Waals surface area contributed by atoms with Crippen molar-refractivity contribution in [2.75, 3.05) is 6.61 Å². The Balaban J connectivity index is 2.51. The van der Waals surface area contributed by atoms with Gasteiger partial charge in [0.1, 0.15) is 0 Å². The fourth-order valence-corrected chi connectivity index (χ4v) is 0.731. The number of pyridine rings is 1. The van der Waals surface area contributed by atoms with Crippen LogP contribution >= 0.6 is 0 Å². The normalized spacial score (nSPS) is 9.42. The van der Waals surface area contributed by atoms with Crippen LogP contribution in [0.3, 0.4) is 0 Å². The van der Waals surface area contributed by atoms with Gasteiger partial charge in [0, 0.05) is 6.20 Å². The highest BCUT2D eigenvalue weighted by Gasteiger charge is 2.00. The van der Waals surface area contributed by atoms with Gasteiger partial charge in [-0.25, -0.2) is 4.98 Å². The van der Waals surface area contributed by atoms with Crippen LogP contribution in [0.15, 0.2) is 31.0 Å². The summed E-state index contributed by atoms with van der Waals surface area (Å²) in [6.45, 7) is 3.96. The highest BCUT2D eigenvalue weighted by Crippen LogP contribution is 2.12. The van der Waals surface area contributed by atoms with Crippen molar-refractivity contribution < 1.29 is 9.13 Å². The quantitative estimate of drug-likeness (QED) is 0.389. The summed E-state index contributed by atoms with van der Waals surface area (Å²) in [6, 6.07) is 3.18. The van der Waals surface area contributed by atoms with Crippen molar-refractivity contribution in [1.29, 1.82) is 0 Å². The summed E-state index contributed by atoms with van der Waals surface area (Å²) in [7, 11) is 0. The molecule has 1 rings (SSSR count). The first kappa shape index (κ1) is 8.71. The van der Waals surface area contributed by atoms with E-state index in [1.54, 1.807) is 18.2 Å². The first-order valence-electron chi connectivity index (χ1n) is 3.69. The molecule has 1 heterocycles. The maximum absolute atomic E-state index is 12.8. The van der Waals surface area contributed by atoms with E-state index in [4.69, 9.17) is 4.74 Å². The van der Waals surface area contributed by atoms with Gasteiger partial charge in [-0.2, -0.15) is 4.39 Å². The third-order valence-electron chi connectivity index (χ3n) is 1.30. The van der Waals surface area contributed by atoms with Crippen LogP contribution in [0.5, 0.6) is 5.75 Å². The minimum absolute atomic E-state index is 0.194. The largest absolute Gasteiger partial charge is 0.488 e. The Morgan fingerprint density at radius 1 is 1.67 bits per heavy atom. The summed E-state index contributed by atoms with van der Waals surface area (Å²) < 4.78 is 17.8. The van der Waals surface area contributed by atoms with Crippen molar-refractivity contribution in [2.24, 2.45) is 0 Å². The number of nitrogens with zero attached hydrogens (tertiary/aromatic N) is 1. The second-order valence-electron chi connectivity index (χ2n) is 2.22. The molecule has 0 aliphatic carbocycles. The molecule has 1 aromatic heterocycles. The zero-order valence-electron chi connectivity index (χ0n) is 6.66. The first-order valence-corrected chi connectivity index (χ1v) is 3.69. The molecule has 0 aromatic carbocycles. The monoisotopic (exact) mass is 167 g/mol. The van der Waals surface area contributed by atoms with E-state index in [1.165, 1.54) is 6.20 Å². The predicted molar refractivity (Wildman–Crippen MR) is 44.5 cm³/mol. The van der Waals surface area contributed by atoms with Gasteiger partial charge in [-0.15, -0.1) is 6.58 Å². The second-order valence-corrected chi connectivity index (χ2v) is 2.22. The van der Waals surface area contributed by atoms with Crippen LogP contribution in [0.4, 0.5) is 4.39 Å². The Bertz CT molecular complexity index is 262. The molecule has 1 aromatic rings. The van der Waals surface area contributed by atoms with E-state index in [9.17, 15) is 4.39 Å². The molecule has 0 bridgehead atoms. The van der Waals surface area contributed by atoms with Crippen molar-refractivity contribution in [2.45, 2.75) is 6.42 Å². The average molecular weight is 167 g/mol. The minimum atomic E-state index is -0.568. The Kier molecular flexibility index (Phi) is 3.26. The molecule has 0 saturated carbocycles. The smallest absolute Gasteiger partial charge is 0.255 e. The fourth-order valence-electron chi connectivity index (χ4n) is 0.731. The molecule has 0 spiro atoms. The van der Waals surface area contributed by atoms with Crippen LogP contribution in [0.2, 0.25) is 0 Å². The van der Waals surface area contributed by atoms with Gasteiger partial charge >= 0.3 is 0 Å². The van der Waals surface area contributed by atoms with Gasteiger partial charge in [-0.3, -0.25) is 0 Å². The molecule has 0 saturated heterocycles. The number of hydrogen-bond acceptors (Lipinski definition) is 2. The first-order chi connectivity index (χ1) is 5.84. The van der Waals surface area contributed by atoms with Crippen LogP contribution in [0.1, 0.15) is 6.42 Å². The Hall–Kier alpha value is -1.38. The summed E-state index contributed by atoms with van der Waals surface area (Å²) >= 11 is 0. The van der Waals surface area contributed by atoms with Crippen LogP contribution in [0.25, 0.3) is 0 Å². The van der Waals surface area contributed by atoms with Gasteiger partial charge in [0.2, 0.25) is 0 Å². The molecule has 0 N–H and O–H groups in total. The topological polar surface area (TPSA) is 22.1 Å². The molecule has 0 amide bonds. The Morgan fingerprint density at radius 2 is 2.50 bits per heavy atom. The molecule has 0 atom stereocenters. The molecule has 0 radical (unpaired) electrons. The maximum Gasteiger partial charge on any atom is 0.255 e. The molecule has 64 valence electrons. The highest BCUT2D eigenvalue weighted by atomic mass is 19.1. The second kappa shape index (κ2) is 4.49. The van der Waals surface area contributed by atoms with Crippen molar-refractivity contribution in [3.63, 3.8) is 0 Å². The molecule has 0 unspecified atom stereocenters. The van der Waals surface area contributed by atoms with Gasteiger partial charge < -0.3 is 4.74 Å². The zero-order chi connectivity index (χ0) is 8.81. The summed E-state index contributed by atoms with van der Waals surface area (Å²) in [4.78, 5) is 3.44. The number of ether oxygens (including phenoxy) is 1. The average Bonchev–Trinajstić information content (AvgIpc) is 2.09. The van der Waals surface area contributed by atoms with E-state index in [1.807, 2.05) is 0 Å². The van der Waals surface area contributed by atoms with Crippen molar-refractivity contribution in [1.82, 2.24) is 4.98 Å². The molecular formula is C9H10FNO. The standard InChI is InChI=1S/C9H10FNO/c1-2-3-7-12-8-5-4-6-11-9(8)10/h2,4-6H,1,3,7H2. The highest BCUT2D eigenvalue weighted by molar-refractivity contribution is 5.17. The predicted octanol–water partition coefficient (Wildman–Crippen LogP) is 2.18. The zero-order valence-corrected chi connectivity index (χ0v) is 6.66. The van der Waals surface area contributed by atoms with E-state index in [0.717, 1.165) is 0 Å². The van der Waals surface area contributed by atoms with Gasteiger partial charge in [0.25, 0.3) is 5.95 Å². The van der Waals surface area contributed by atoms with Gasteiger partial charge in [-0.1, -0.05) is 6.08 Å². The Labute approximate surface area is 70.7 Å². The van der Waals surface area contributed by atoms with E-state index in [-0.39, 0.29) is 5.75 Å². The van der Waals surface area contributed by atoms with E-state index >= 15 is 0 Å². The lowest BCUT2D eigenvalue weighted by Crippen LogP contribution is -1.98. The molecule has 12 heavy (non-hydrogen) atoms. The third-order valence-corrected chi connectivity index (χ3v) is 1.30. The number of halogens is 1. The lowest BCUT2D eigenvalue weighted by Gasteiger charge is -2.03. The summed E-state index contributed by atoms with van der Waals surface area (Å²) in [6.07, 6.45) is 3.80. The Morgan fingerprint density at radius 3 is 3.17 bits per heavy atom. The molecule has 3 heteroatoms. The van der Waals surface area contributed by atoms with Crippen molar-refractivity contribution in [3.8, 4) is 5.75 Å². The minimum Gasteiger partial charge on any atom is -0.488 e. The molecule has 2 nitrogen and oxygen atoms in total. The molecular weight excluding hydrogens is 157 g/mol. The van der Waals surface area contributed by atoms with E-state index in [0.29, 0.717) is 13.0 Å². The fraction of sp³-hybridized carbons (Fsp3) is 0.222. The van der Waals surface area contributed by atoms with Crippen LogP contribution in [-0.2, 0) is 0 Å². The number of aromatic nitrogens is 1. The number of rotatable bonds is 4. The number of hydrogen-bond donors (Lipinski definition) is 0. The van der Waals surface area contributed by atoms with Crippen LogP contribution in [-0.4, -0.2) is 11.6 Å².